The molecule has 0 bridgehead atoms. The molecular weight excluding hydrogens is 352 g/mol. The van der Waals surface area contributed by atoms with E-state index in [-0.39, 0.29) is 5.91 Å². The van der Waals surface area contributed by atoms with Crippen LogP contribution in [0.2, 0.25) is 5.02 Å². The first-order chi connectivity index (χ1) is 12.6. The van der Waals surface area contributed by atoms with E-state index in [1.54, 1.807) is 12.3 Å². The molecule has 2 aromatic heterocycles. The van der Waals surface area contributed by atoms with Gasteiger partial charge in [0.2, 0.25) is 0 Å². The van der Waals surface area contributed by atoms with Crippen LogP contribution in [0.4, 0.5) is 5.82 Å². The number of hydrogen-bond donors (Lipinski definition) is 1. The number of carbonyl (C=O) groups is 1. The first-order valence-corrected chi connectivity index (χ1v) is 9.54. The van der Waals surface area contributed by atoms with Gasteiger partial charge in [-0.05, 0) is 52.0 Å². The van der Waals surface area contributed by atoms with Gasteiger partial charge in [-0.15, -0.1) is 0 Å². The molecule has 1 aliphatic heterocycles. The highest BCUT2D eigenvalue weighted by Crippen LogP contribution is 2.22. The normalized spacial score (nSPS) is 14.5. The minimum Gasteiger partial charge on any atom is -0.369 e. The van der Waals surface area contributed by atoms with E-state index in [2.05, 4.69) is 15.5 Å². The largest absolute Gasteiger partial charge is 0.369 e. The van der Waals surface area contributed by atoms with Crippen LogP contribution < -0.4 is 5.32 Å². The van der Waals surface area contributed by atoms with Crippen LogP contribution in [0.25, 0.3) is 0 Å². The zero-order valence-corrected chi connectivity index (χ0v) is 16.1. The number of amides is 1. The maximum Gasteiger partial charge on any atom is 0.255 e. The average molecular weight is 377 g/mol. The Morgan fingerprint density at radius 2 is 2.08 bits per heavy atom. The topological polar surface area (TPSA) is 71.3 Å². The summed E-state index contributed by atoms with van der Waals surface area (Å²) in [6.07, 6.45) is 6.74. The first-order valence-electron chi connectivity index (χ1n) is 9.16. The van der Waals surface area contributed by atoms with Crippen LogP contribution in [0.1, 0.15) is 53.1 Å². The Labute approximate surface area is 158 Å². The Morgan fingerprint density at radius 1 is 1.31 bits per heavy atom. The number of nitrogens with zero attached hydrogens (tertiary/aromatic N) is 3. The summed E-state index contributed by atoms with van der Waals surface area (Å²) in [6, 6.07) is 1.71. The molecule has 26 heavy (non-hydrogen) atoms. The lowest BCUT2D eigenvalue weighted by Crippen LogP contribution is -2.35. The summed E-state index contributed by atoms with van der Waals surface area (Å²) in [5.41, 5.74) is 2.66. The Kier molecular flexibility index (Phi) is 6.14. The minimum absolute atomic E-state index is 0.0176. The van der Waals surface area contributed by atoms with Gasteiger partial charge in [-0.2, -0.15) is 0 Å². The molecule has 2 aromatic rings. The van der Waals surface area contributed by atoms with Gasteiger partial charge in [0.1, 0.15) is 11.6 Å². The van der Waals surface area contributed by atoms with Crippen molar-refractivity contribution in [3.05, 3.63) is 39.9 Å². The van der Waals surface area contributed by atoms with E-state index in [4.69, 9.17) is 16.1 Å². The number of carbonyl (C=O) groups excluding carboxylic acids is 1. The standard InChI is InChI=1S/C19H25ClN4O2/c1-13-16(14(2)26-23-13)7-6-8-21-18-17(20)11-15(12-22-18)19(25)24-9-4-3-5-10-24/h11-12H,3-10H2,1-2H3,(H,21,22). The van der Waals surface area contributed by atoms with Crippen molar-refractivity contribution in [1.82, 2.24) is 15.0 Å². The molecule has 1 aliphatic rings. The smallest absolute Gasteiger partial charge is 0.255 e. The van der Waals surface area contributed by atoms with Gasteiger partial charge >= 0.3 is 0 Å². The van der Waals surface area contributed by atoms with Crippen LogP contribution >= 0.6 is 11.6 Å². The van der Waals surface area contributed by atoms with Gasteiger partial charge in [-0.3, -0.25) is 4.79 Å². The number of likely N-dealkylation sites (tertiary alicyclic amines) is 1. The molecule has 0 atom stereocenters. The van der Waals surface area contributed by atoms with Crippen LogP contribution in [0, 0.1) is 13.8 Å². The summed E-state index contributed by atoms with van der Waals surface area (Å²) >= 11 is 6.32. The zero-order chi connectivity index (χ0) is 18.5. The zero-order valence-electron chi connectivity index (χ0n) is 15.3. The average Bonchev–Trinajstić information content (AvgIpc) is 2.98. The summed E-state index contributed by atoms with van der Waals surface area (Å²) in [5.74, 6) is 1.50. The van der Waals surface area contributed by atoms with Crippen molar-refractivity contribution in [3.63, 3.8) is 0 Å². The number of rotatable bonds is 6. The lowest BCUT2D eigenvalue weighted by molar-refractivity contribution is 0.0724. The number of anilines is 1. The Bertz CT molecular complexity index is 749. The van der Waals surface area contributed by atoms with Gasteiger partial charge < -0.3 is 14.7 Å². The predicted molar refractivity (Wildman–Crippen MR) is 102 cm³/mol. The molecule has 0 aliphatic carbocycles. The third-order valence-electron chi connectivity index (χ3n) is 4.81. The molecule has 0 saturated carbocycles. The monoisotopic (exact) mass is 376 g/mol. The molecule has 1 saturated heterocycles. The van der Waals surface area contributed by atoms with Crippen molar-refractivity contribution in [2.24, 2.45) is 0 Å². The SMILES string of the molecule is Cc1noc(C)c1CCCNc1ncc(C(=O)N2CCCCC2)cc1Cl. The maximum absolute atomic E-state index is 12.5. The summed E-state index contributed by atoms with van der Waals surface area (Å²) in [6.45, 7) is 6.25. The van der Waals surface area contributed by atoms with Crippen molar-refractivity contribution in [2.45, 2.75) is 46.0 Å². The van der Waals surface area contributed by atoms with E-state index in [0.717, 1.165) is 62.3 Å². The number of nitrogens with one attached hydrogen (secondary N) is 1. The van der Waals surface area contributed by atoms with Gasteiger partial charge in [-0.25, -0.2) is 4.98 Å². The number of halogens is 1. The van der Waals surface area contributed by atoms with Crippen LogP contribution in [0.5, 0.6) is 0 Å². The fourth-order valence-electron chi connectivity index (χ4n) is 3.30. The Hall–Kier alpha value is -2.08. The van der Waals surface area contributed by atoms with Gasteiger partial charge in [0, 0.05) is 31.4 Å². The maximum atomic E-state index is 12.5. The molecule has 0 spiro atoms. The van der Waals surface area contributed by atoms with Crippen molar-refractivity contribution in [3.8, 4) is 0 Å². The van der Waals surface area contributed by atoms with Crippen LogP contribution in [0.15, 0.2) is 16.8 Å². The fraction of sp³-hybridized carbons (Fsp3) is 0.526. The van der Waals surface area contributed by atoms with Crippen molar-refractivity contribution >= 4 is 23.3 Å². The van der Waals surface area contributed by atoms with E-state index in [9.17, 15) is 4.79 Å². The lowest BCUT2D eigenvalue weighted by Gasteiger charge is -2.26. The van der Waals surface area contributed by atoms with E-state index in [1.165, 1.54) is 6.42 Å². The molecular formula is C19H25ClN4O2. The molecule has 7 heteroatoms. The van der Waals surface area contributed by atoms with Gasteiger partial charge in [-0.1, -0.05) is 16.8 Å². The summed E-state index contributed by atoms with van der Waals surface area (Å²) in [5, 5.41) is 7.69. The van der Waals surface area contributed by atoms with E-state index < -0.39 is 0 Å². The molecule has 0 unspecified atom stereocenters. The van der Waals surface area contributed by atoms with Gasteiger partial charge in [0.25, 0.3) is 5.91 Å². The summed E-state index contributed by atoms with van der Waals surface area (Å²) in [7, 11) is 0. The minimum atomic E-state index is 0.0176. The molecule has 140 valence electrons. The van der Waals surface area contributed by atoms with E-state index in [1.807, 2.05) is 18.7 Å². The number of aryl methyl sites for hydroxylation is 2. The number of piperidine rings is 1. The van der Waals surface area contributed by atoms with Crippen LogP contribution in [-0.4, -0.2) is 40.6 Å². The third kappa shape index (κ3) is 4.36. The highest BCUT2D eigenvalue weighted by atomic mass is 35.5. The Morgan fingerprint density at radius 3 is 2.73 bits per heavy atom. The molecule has 1 N–H and O–H groups in total. The molecule has 1 fully saturated rings. The fourth-order valence-corrected chi connectivity index (χ4v) is 3.53. The Balaban J connectivity index is 1.53. The van der Waals surface area contributed by atoms with Gasteiger partial charge in [0.15, 0.2) is 0 Å². The molecule has 0 aromatic carbocycles. The predicted octanol–water partition coefficient (Wildman–Crippen LogP) is 4.01. The molecule has 3 heterocycles. The van der Waals surface area contributed by atoms with E-state index >= 15 is 0 Å². The quantitative estimate of drug-likeness (QED) is 0.771. The summed E-state index contributed by atoms with van der Waals surface area (Å²) in [4.78, 5) is 18.7. The third-order valence-corrected chi connectivity index (χ3v) is 5.10. The summed E-state index contributed by atoms with van der Waals surface area (Å²) < 4.78 is 5.18. The van der Waals surface area contributed by atoms with Crippen molar-refractivity contribution < 1.29 is 9.32 Å². The second-order valence-corrected chi connectivity index (χ2v) is 7.15. The van der Waals surface area contributed by atoms with Crippen molar-refractivity contribution in [2.75, 3.05) is 25.0 Å². The molecule has 1 amide bonds. The highest BCUT2D eigenvalue weighted by Gasteiger charge is 2.19. The molecule has 3 rings (SSSR count). The lowest BCUT2D eigenvalue weighted by atomic mass is 10.1. The van der Waals surface area contributed by atoms with Crippen LogP contribution in [-0.2, 0) is 6.42 Å². The first kappa shape index (κ1) is 18.7. The van der Waals surface area contributed by atoms with E-state index in [0.29, 0.717) is 16.4 Å². The molecule has 6 nitrogen and oxygen atoms in total. The van der Waals surface area contributed by atoms with Gasteiger partial charge in [0.05, 0.1) is 16.3 Å². The van der Waals surface area contributed by atoms with Crippen molar-refractivity contribution in [1.29, 1.82) is 0 Å². The second-order valence-electron chi connectivity index (χ2n) is 6.74. The number of hydrogen-bond acceptors (Lipinski definition) is 5. The number of aromatic nitrogens is 2. The molecule has 0 radical (unpaired) electrons. The number of pyridine rings is 1. The highest BCUT2D eigenvalue weighted by molar-refractivity contribution is 6.33. The second kappa shape index (κ2) is 8.54. The van der Waals surface area contributed by atoms with Crippen LogP contribution in [0.3, 0.4) is 0 Å².